The van der Waals surface area contributed by atoms with Crippen LogP contribution >= 0.6 is 15.2 Å². The first-order valence-corrected chi connectivity index (χ1v) is 9.36. The molecule has 0 amide bonds. The van der Waals surface area contributed by atoms with Gasteiger partial charge in [0.05, 0.1) is 6.16 Å². The van der Waals surface area contributed by atoms with Crippen molar-refractivity contribution in [3.8, 4) is 0 Å². The molecule has 0 aromatic carbocycles. The van der Waals surface area contributed by atoms with Crippen LogP contribution in [-0.4, -0.2) is 50.0 Å². The van der Waals surface area contributed by atoms with Gasteiger partial charge in [0.15, 0.2) is 0 Å². The lowest BCUT2D eigenvalue weighted by molar-refractivity contribution is 0.240. The Hall–Kier alpha value is 0.260. The Labute approximate surface area is 108 Å². The van der Waals surface area contributed by atoms with Crippen molar-refractivity contribution in [1.29, 1.82) is 0 Å². The van der Waals surface area contributed by atoms with Gasteiger partial charge in [0.1, 0.15) is 5.78 Å². The molecular formula is C9H23NO6P2. The molecule has 0 aliphatic carbocycles. The summed E-state index contributed by atoms with van der Waals surface area (Å²) in [5.74, 6) is -1.12. The molecule has 0 fully saturated rings. The molecule has 0 saturated carbocycles. The number of nitrogens with zero attached hydrogens (tertiary/aromatic N) is 1. The molecule has 0 radical (unpaired) electrons. The fraction of sp³-hybridized carbons (Fsp3) is 1.00. The van der Waals surface area contributed by atoms with Crippen LogP contribution < -0.4 is 0 Å². The third-order valence-electron chi connectivity index (χ3n) is 2.69. The van der Waals surface area contributed by atoms with Crippen LogP contribution in [0.15, 0.2) is 0 Å². The molecule has 7 nitrogen and oxygen atoms in total. The standard InChI is InChI=1S/C9H23NO6P2/c1-3-4-5-7-10(2)9(18(14,15)16)6-8-17(11,12)13/h9H,3-8H2,1-2H3,(H2,11,12,13)(H2,14,15,16). The molecule has 0 saturated heterocycles. The van der Waals surface area contributed by atoms with Crippen molar-refractivity contribution < 1.29 is 28.7 Å². The Kier molecular flexibility index (Phi) is 7.87. The average Bonchev–Trinajstić information content (AvgIpc) is 2.14. The molecule has 0 aliphatic rings. The molecule has 0 aromatic rings. The summed E-state index contributed by atoms with van der Waals surface area (Å²) in [5, 5.41) is 0. The summed E-state index contributed by atoms with van der Waals surface area (Å²) in [6, 6.07) is 0. The zero-order valence-corrected chi connectivity index (χ0v) is 12.6. The van der Waals surface area contributed by atoms with Crippen LogP contribution in [0.4, 0.5) is 0 Å². The van der Waals surface area contributed by atoms with Crippen molar-refractivity contribution in [2.75, 3.05) is 19.8 Å². The maximum Gasteiger partial charge on any atom is 0.342 e. The highest BCUT2D eigenvalue weighted by molar-refractivity contribution is 7.53. The fourth-order valence-corrected chi connectivity index (χ4v) is 3.57. The summed E-state index contributed by atoms with van der Waals surface area (Å²) < 4.78 is 22.1. The molecule has 0 heterocycles. The third kappa shape index (κ3) is 8.38. The minimum atomic E-state index is -4.38. The Morgan fingerprint density at radius 2 is 1.67 bits per heavy atom. The van der Waals surface area contributed by atoms with E-state index in [9.17, 15) is 18.9 Å². The van der Waals surface area contributed by atoms with E-state index in [1.54, 1.807) is 7.05 Å². The minimum Gasteiger partial charge on any atom is -0.324 e. The van der Waals surface area contributed by atoms with Gasteiger partial charge in [-0.1, -0.05) is 19.8 Å². The van der Waals surface area contributed by atoms with E-state index in [2.05, 4.69) is 0 Å². The monoisotopic (exact) mass is 303 g/mol. The Morgan fingerprint density at radius 3 is 2.06 bits per heavy atom. The van der Waals surface area contributed by atoms with Crippen LogP contribution in [0.5, 0.6) is 0 Å². The highest BCUT2D eigenvalue weighted by atomic mass is 31.2. The van der Waals surface area contributed by atoms with E-state index in [0.717, 1.165) is 19.3 Å². The zero-order valence-electron chi connectivity index (χ0n) is 10.8. The predicted octanol–water partition coefficient (Wildman–Crippen LogP) is 1.18. The molecule has 0 rings (SSSR count). The first kappa shape index (κ1) is 18.3. The van der Waals surface area contributed by atoms with Gasteiger partial charge in [-0.15, -0.1) is 0 Å². The van der Waals surface area contributed by atoms with Gasteiger partial charge in [0.25, 0.3) is 0 Å². The van der Waals surface area contributed by atoms with Gasteiger partial charge >= 0.3 is 15.2 Å². The van der Waals surface area contributed by atoms with Crippen molar-refractivity contribution in [3.63, 3.8) is 0 Å². The number of hydrogen-bond donors (Lipinski definition) is 4. The molecule has 4 N–H and O–H groups in total. The normalized spacial score (nSPS) is 15.1. The number of unbranched alkanes of at least 4 members (excludes halogenated alkanes) is 2. The van der Waals surface area contributed by atoms with Gasteiger partial charge in [-0.25, -0.2) is 0 Å². The van der Waals surface area contributed by atoms with Crippen LogP contribution in [-0.2, 0) is 9.13 Å². The summed E-state index contributed by atoms with van der Waals surface area (Å²) in [6.07, 6.45) is 2.03. The maximum atomic E-state index is 11.3. The smallest absolute Gasteiger partial charge is 0.324 e. The molecule has 1 atom stereocenters. The third-order valence-corrected chi connectivity index (χ3v) is 4.96. The van der Waals surface area contributed by atoms with E-state index in [4.69, 9.17) is 9.79 Å². The first-order chi connectivity index (χ1) is 8.08. The number of rotatable bonds is 9. The topological polar surface area (TPSA) is 118 Å². The second-order valence-corrected chi connectivity index (χ2v) is 7.99. The quantitative estimate of drug-likeness (QED) is 0.373. The first-order valence-electron chi connectivity index (χ1n) is 5.88. The summed E-state index contributed by atoms with van der Waals surface area (Å²) in [7, 11) is -7.05. The molecule has 0 aliphatic heterocycles. The predicted molar refractivity (Wildman–Crippen MR) is 69.5 cm³/mol. The second kappa shape index (κ2) is 7.75. The van der Waals surface area contributed by atoms with Crippen molar-refractivity contribution >= 4 is 15.2 Å². The fourth-order valence-electron chi connectivity index (χ4n) is 1.69. The van der Waals surface area contributed by atoms with E-state index >= 15 is 0 Å². The van der Waals surface area contributed by atoms with Crippen LogP contribution in [0.3, 0.4) is 0 Å². The molecule has 0 bridgehead atoms. The highest BCUT2D eigenvalue weighted by Gasteiger charge is 2.33. The summed E-state index contributed by atoms with van der Waals surface area (Å²) in [4.78, 5) is 37.5. The minimum absolute atomic E-state index is 0.211. The van der Waals surface area contributed by atoms with Gasteiger partial charge in [0.2, 0.25) is 0 Å². The van der Waals surface area contributed by atoms with Gasteiger partial charge in [-0.3, -0.25) is 14.0 Å². The van der Waals surface area contributed by atoms with Gasteiger partial charge in [0, 0.05) is 0 Å². The lowest BCUT2D eigenvalue weighted by Crippen LogP contribution is -2.33. The van der Waals surface area contributed by atoms with E-state index in [-0.39, 0.29) is 6.42 Å². The van der Waals surface area contributed by atoms with E-state index in [1.165, 1.54) is 4.90 Å². The van der Waals surface area contributed by atoms with Gasteiger partial charge in [-0.2, -0.15) is 0 Å². The molecule has 18 heavy (non-hydrogen) atoms. The molecular weight excluding hydrogens is 280 g/mol. The van der Waals surface area contributed by atoms with Crippen molar-refractivity contribution in [2.45, 2.75) is 38.4 Å². The Balaban J connectivity index is 4.49. The Morgan fingerprint density at radius 1 is 1.11 bits per heavy atom. The molecule has 0 aromatic heterocycles. The zero-order chi connectivity index (χ0) is 14.4. The van der Waals surface area contributed by atoms with Crippen LogP contribution in [0.25, 0.3) is 0 Å². The molecule has 9 heteroatoms. The van der Waals surface area contributed by atoms with Crippen molar-refractivity contribution in [2.24, 2.45) is 0 Å². The lowest BCUT2D eigenvalue weighted by atomic mass is 10.2. The van der Waals surface area contributed by atoms with Crippen LogP contribution in [0, 0.1) is 0 Å². The molecule has 0 spiro atoms. The van der Waals surface area contributed by atoms with E-state index in [1.807, 2.05) is 6.92 Å². The maximum absolute atomic E-state index is 11.3. The van der Waals surface area contributed by atoms with Gasteiger partial charge in [-0.05, 0) is 26.4 Å². The van der Waals surface area contributed by atoms with Crippen molar-refractivity contribution in [1.82, 2.24) is 4.90 Å². The number of hydrogen-bond acceptors (Lipinski definition) is 3. The lowest BCUT2D eigenvalue weighted by Gasteiger charge is -2.28. The Bertz CT molecular complexity index is 325. The van der Waals surface area contributed by atoms with E-state index in [0.29, 0.717) is 6.54 Å². The average molecular weight is 303 g/mol. The second-order valence-electron chi connectivity index (χ2n) is 4.43. The SMILES string of the molecule is CCCCCN(C)C(CCP(=O)(O)O)P(=O)(O)O. The summed E-state index contributed by atoms with van der Waals surface area (Å²) >= 11 is 0. The molecule has 1 unspecified atom stereocenters. The van der Waals surface area contributed by atoms with Crippen LogP contribution in [0.1, 0.15) is 32.6 Å². The van der Waals surface area contributed by atoms with Crippen molar-refractivity contribution in [3.05, 3.63) is 0 Å². The summed E-state index contributed by atoms with van der Waals surface area (Å²) in [5.41, 5.74) is 0. The molecule has 110 valence electrons. The van der Waals surface area contributed by atoms with Crippen LogP contribution in [0.2, 0.25) is 0 Å². The van der Waals surface area contributed by atoms with Gasteiger partial charge < -0.3 is 19.6 Å². The highest BCUT2D eigenvalue weighted by Crippen LogP contribution is 2.47. The largest absolute Gasteiger partial charge is 0.342 e. The van der Waals surface area contributed by atoms with E-state index < -0.39 is 27.1 Å². The summed E-state index contributed by atoms with van der Waals surface area (Å²) in [6.45, 7) is 2.53.